The Balaban J connectivity index is 1.71. The molecule has 2 aromatic carbocycles. The molecule has 0 saturated heterocycles. The minimum absolute atomic E-state index is 0.179. The lowest BCUT2D eigenvalue weighted by Crippen LogP contribution is -2.33. The molecule has 0 aliphatic heterocycles. The number of ether oxygens (including phenoxy) is 4. The van der Waals surface area contributed by atoms with Crippen LogP contribution in [0.25, 0.3) is 0 Å². The summed E-state index contributed by atoms with van der Waals surface area (Å²) in [5.74, 6) is -1.17. The molecule has 1 N–H and O–H groups in total. The van der Waals surface area contributed by atoms with Crippen molar-refractivity contribution >= 4 is 11.9 Å². The Morgan fingerprint density at radius 2 is 1.71 bits per heavy atom. The van der Waals surface area contributed by atoms with Gasteiger partial charge in [0.25, 0.3) is 5.91 Å². The Kier molecular flexibility index (Phi) is 8.26. The molecule has 0 fully saturated rings. The lowest BCUT2D eigenvalue weighted by molar-refractivity contribution is -0.274. The van der Waals surface area contributed by atoms with Gasteiger partial charge in [0.1, 0.15) is 5.75 Å². The van der Waals surface area contributed by atoms with E-state index in [-0.39, 0.29) is 24.1 Å². The highest BCUT2D eigenvalue weighted by Gasteiger charge is 2.35. The van der Waals surface area contributed by atoms with Gasteiger partial charge in [-0.15, -0.1) is 13.2 Å². The molecule has 1 aliphatic carbocycles. The van der Waals surface area contributed by atoms with E-state index in [2.05, 4.69) is 10.1 Å². The van der Waals surface area contributed by atoms with E-state index >= 15 is 0 Å². The van der Waals surface area contributed by atoms with E-state index in [4.69, 9.17) is 14.2 Å². The zero-order valence-electron chi connectivity index (χ0n) is 19.4. The van der Waals surface area contributed by atoms with Crippen molar-refractivity contribution in [2.45, 2.75) is 31.7 Å². The van der Waals surface area contributed by atoms with Crippen LogP contribution in [0.3, 0.4) is 0 Å². The van der Waals surface area contributed by atoms with E-state index in [1.165, 1.54) is 26.4 Å². The number of methoxy groups -OCH3 is 2. The van der Waals surface area contributed by atoms with Gasteiger partial charge in [0.2, 0.25) is 0 Å². The monoisotopic (exact) mass is 493 g/mol. The van der Waals surface area contributed by atoms with Crippen LogP contribution in [-0.4, -0.2) is 45.1 Å². The van der Waals surface area contributed by atoms with Gasteiger partial charge in [-0.05, 0) is 61.2 Å². The maximum atomic E-state index is 12.9. The molecule has 0 unspecified atom stereocenters. The number of amides is 1. The summed E-state index contributed by atoms with van der Waals surface area (Å²) in [6, 6.07) is 9.47. The van der Waals surface area contributed by atoms with Gasteiger partial charge in [-0.1, -0.05) is 18.2 Å². The summed E-state index contributed by atoms with van der Waals surface area (Å²) in [7, 11) is 3.02. The Morgan fingerprint density at radius 3 is 2.31 bits per heavy atom. The molecule has 35 heavy (non-hydrogen) atoms. The van der Waals surface area contributed by atoms with Gasteiger partial charge in [-0.25, -0.2) is 0 Å². The maximum absolute atomic E-state index is 12.9. The van der Waals surface area contributed by atoms with Crippen LogP contribution in [0.1, 0.15) is 35.2 Å². The van der Waals surface area contributed by atoms with Gasteiger partial charge in [-0.2, -0.15) is 0 Å². The minimum atomic E-state index is -4.81. The van der Waals surface area contributed by atoms with E-state index in [1.54, 1.807) is 31.2 Å². The first-order valence-electron chi connectivity index (χ1n) is 10.9. The van der Waals surface area contributed by atoms with Crippen LogP contribution in [-0.2, 0) is 9.53 Å². The predicted molar refractivity (Wildman–Crippen MR) is 121 cm³/mol. The third-order valence-electron chi connectivity index (χ3n) is 5.52. The third kappa shape index (κ3) is 6.68. The van der Waals surface area contributed by atoms with Crippen molar-refractivity contribution in [3.05, 3.63) is 65.7 Å². The number of nitrogens with one attached hydrogen (secondary N) is 1. The zero-order valence-corrected chi connectivity index (χ0v) is 19.4. The van der Waals surface area contributed by atoms with Gasteiger partial charge in [0, 0.05) is 11.6 Å². The molecule has 0 aromatic heterocycles. The first kappa shape index (κ1) is 25.9. The van der Waals surface area contributed by atoms with Crippen molar-refractivity contribution < 1.29 is 41.7 Å². The summed E-state index contributed by atoms with van der Waals surface area (Å²) in [5, 5.41) is 2.83. The number of carbonyl (C=O) groups excluding carboxylic acids is 2. The smallest absolute Gasteiger partial charge is 0.493 e. The Hall–Kier alpha value is -3.69. The van der Waals surface area contributed by atoms with E-state index in [9.17, 15) is 22.8 Å². The Morgan fingerprint density at radius 1 is 1.03 bits per heavy atom. The van der Waals surface area contributed by atoms with Crippen molar-refractivity contribution in [1.29, 1.82) is 0 Å². The standard InChI is InChI=1S/C25H26F3NO6/c1-4-34-24(31)22(17-8-12-20(32-2)21(14-17)33-3)16-5-9-18(13-16)29-23(30)15-6-10-19(11-7-15)35-25(26,27)28/h5-12,14,16,18,22H,4,13H2,1-3H3,(H,29,30)/t16-,18+,22+/m1/s1. The van der Waals surface area contributed by atoms with Crippen molar-refractivity contribution in [1.82, 2.24) is 5.32 Å². The average Bonchev–Trinajstić information content (AvgIpc) is 3.26. The predicted octanol–water partition coefficient (Wildman–Crippen LogP) is 4.62. The molecule has 0 radical (unpaired) electrons. The van der Waals surface area contributed by atoms with E-state index in [1.807, 2.05) is 6.08 Å². The number of rotatable bonds is 9. The van der Waals surface area contributed by atoms with Crippen LogP contribution in [0.4, 0.5) is 13.2 Å². The summed E-state index contributed by atoms with van der Waals surface area (Å²) in [4.78, 5) is 25.5. The third-order valence-corrected chi connectivity index (χ3v) is 5.52. The first-order chi connectivity index (χ1) is 16.6. The van der Waals surface area contributed by atoms with E-state index in [0.717, 1.165) is 12.1 Å². The molecule has 7 nitrogen and oxygen atoms in total. The number of hydrogen-bond acceptors (Lipinski definition) is 6. The van der Waals surface area contributed by atoms with Crippen molar-refractivity contribution in [3.8, 4) is 17.2 Å². The SMILES string of the molecule is CCOC(=O)[C@H](c1ccc(OC)c(OC)c1)[C@@H]1C=C[C@H](NC(=O)c2ccc(OC(F)(F)F)cc2)C1. The van der Waals surface area contributed by atoms with Crippen molar-refractivity contribution in [3.63, 3.8) is 0 Å². The number of esters is 1. The Bertz CT molecular complexity index is 1070. The maximum Gasteiger partial charge on any atom is 0.573 e. The van der Waals surface area contributed by atoms with Crippen LogP contribution >= 0.6 is 0 Å². The lowest BCUT2D eigenvalue weighted by Gasteiger charge is -2.23. The molecule has 188 valence electrons. The highest BCUT2D eigenvalue weighted by molar-refractivity contribution is 5.94. The quantitative estimate of drug-likeness (QED) is 0.405. The van der Waals surface area contributed by atoms with Gasteiger partial charge in [0.05, 0.1) is 26.7 Å². The summed E-state index contributed by atoms with van der Waals surface area (Å²) in [6.07, 6.45) is -0.740. The van der Waals surface area contributed by atoms with Crippen molar-refractivity contribution in [2.75, 3.05) is 20.8 Å². The van der Waals surface area contributed by atoms with Crippen LogP contribution < -0.4 is 19.5 Å². The lowest BCUT2D eigenvalue weighted by atomic mass is 9.85. The molecular weight excluding hydrogens is 467 g/mol. The van der Waals surface area contributed by atoms with E-state index in [0.29, 0.717) is 23.5 Å². The molecule has 3 atom stereocenters. The fourth-order valence-electron chi connectivity index (χ4n) is 3.98. The number of alkyl halides is 3. The molecule has 10 heteroatoms. The number of hydrogen-bond donors (Lipinski definition) is 1. The van der Waals surface area contributed by atoms with Crippen molar-refractivity contribution in [2.24, 2.45) is 5.92 Å². The number of benzene rings is 2. The fourth-order valence-corrected chi connectivity index (χ4v) is 3.98. The number of halogens is 3. The second-order valence-corrected chi connectivity index (χ2v) is 7.78. The van der Waals surface area contributed by atoms with Gasteiger partial charge in [-0.3, -0.25) is 9.59 Å². The van der Waals surface area contributed by atoms with E-state index < -0.39 is 29.9 Å². The highest BCUT2D eigenvalue weighted by Crippen LogP contribution is 2.38. The second kappa shape index (κ2) is 11.2. The fraction of sp³-hybridized carbons (Fsp3) is 0.360. The summed E-state index contributed by atoms with van der Waals surface area (Å²) in [6.45, 7) is 1.94. The van der Waals surface area contributed by atoms with Crippen LogP contribution in [0.2, 0.25) is 0 Å². The molecule has 0 saturated carbocycles. The van der Waals surface area contributed by atoms with Gasteiger partial charge in [0.15, 0.2) is 11.5 Å². The summed E-state index contributed by atoms with van der Waals surface area (Å²) >= 11 is 0. The molecule has 2 aromatic rings. The molecule has 1 amide bonds. The molecule has 0 bridgehead atoms. The average molecular weight is 493 g/mol. The zero-order chi connectivity index (χ0) is 25.6. The summed E-state index contributed by atoms with van der Waals surface area (Å²) < 4.78 is 56.7. The molecular formula is C25H26F3NO6. The van der Waals surface area contributed by atoms with Gasteiger partial charge < -0.3 is 24.3 Å². The normalized spacial score (nSPS) is 18.0. The molecule has 3 rings (SSSR count). The van der Waals surface area contributed by atoms with Crippen LogP contribution in [0.5, 0.6) is 17.2 Å². The Labute approximate surface area is 200 Å². The molecule has 0 spiro atoms. The number of allylic oxidation sites excluding steroid dienone is 1. The molecule has 0 heterocycles. The second-order valence-electron chi connectivity index (χ2n) is 7.78. The molecule has 1 aliphatic rings. The highest BCUT2D eigenvalue weighted by atomic mass is 19.4. The first-order valence-corrected chi connectivity index (χ1v) is 10.9. The number of carbonyl (C=O) groups is 2. The van der Waals surface area contributed by atoms with Crippen LogP contribution in [0, 0.1) is 5.92 Å². The van der Waals surface area contributed by atoms with Gasteiger partial charge >= 0.3 is 12.3 Å². The summed E-state index contributed by atoms with van der Waals surface area (Å²) in [5.41, 5.74) is 0.862. The largest absolute Gasteiger partial charge is 0.573 e. The van der Waals surface area contributed by atoms with Crippen LogP contribution in [0.15, 0.2) is 54.6 Å². The minimum Gasteiger partial charge on any atom is -0.493 e. The topological polar surface area (TPSA) is 83.1 Å².